The number of hydrogen-bond acceptors (Lipinski definition) is 4. The van der Waals surface area contributed by atoms with Gasteiger partial charge in [0, 0.05) is 0 Å². The Hall–Kier alpha value is -1.42. The Labute approximate surface area is 100 Å². The summed E-state index contributed by atoms with van der Waals surface area (Å²) in [6.07, 6.45) is 3.82. The molecular formula is C13H17NO3. The highest BCUT2D eigenvalue weighted by Crippen LogP contribution is 2.46. The molecule has 0 amide bonds. The summed E-state index contributed by atoms with van der Waals surface area (Å²) in [7, 11) is 0. The molecular weight excluding hydrogens is 218 g/mol. The predicted octanol–water partition coefficient (Wildman–Crippen LogP) is 1.54. The van der Waals surface area contributed by atoms with Gasteiger partial charge in [0.25, 0.3) is 0 Å². The first-order valence-electron chi connectivity index (χ1n) is 6.14. The zero-order valence-corrected chi connectivity index (χ0v) is 9.70. The van der Waals surface area contributed by atoms with E-state index >= 15 is 0 Å². The van der Waals surface area contributed by atoms with Crippen molar-refractivity contribution < 1.29 is 14.9 Å². The molecule has 1 spiro atoms. The zero-order valence-electron chi connectivity index (χ0n) is 9.70. The third-order valence-corrected chi connectivity index (χ3v) is 3.88. The number of phenolic OH excluding ortho intramolecular Hbond substituents is 2. The first-order chi connectivity index (χ1) is 8.20. The minimum atomic E-state index is -0.149. The monoisotopic (exact) mass is 235 g/mol. The van der Waals surface area contributed by atoms with Crippen molar-refractivity contribution in [1.29, 1.82) is 0 Å². The van der Waals surface area contributed by atoms with Crippen LogP contribution < -0.4 is 10.1 Å². The van der Waals surface area contributed by atoms with Gasteiger partial charge in [-0.05, 0) is 50.4 Å². The SMILES string of the molecule is Oc1ccc2c(c1O)OC1(CCNCC1)CC2. The van der Waals surface area contributed by atoms with Gasteiger partial charge in [-0.1, -0.05) is 6.07 Å². The van der Waals surface area contributed by atoms with Crippen LogP contribution in [0.4, 0.5) is 0 Å². The van der Waals surface area contributed by atoms with Crippen LogP contribution in [0.25, 0.3) is 0 Å². The van der Waals surface area contributed by atoms with Crippen LogP contribution in [0, 0.1) is 0 Å². The van der Waals surface area contributed by atoms with Crippen molar-refractivity contribution in [3.8, 4) is 17.2 Å². The fraction of sp³-hybridized carbons (Fsp3) is 0.538. The maximum Gasteiger partial charge on any atom is 0.200 e. The quantitative estimate of drug-likeness (QED) is 0.597. The van der Waals surface area contributed by atoms with Crippen molar-refractivity contribution in [3.63, 3.8) is 0 Å². The molecule has 1 fully saturated rings. The highest BCUT2D eigenvalue weighted by molar-refractivity contribution is 5.55. The fourth-order valence-electron chi connectivity index (χ4n) is 2.78. The molecule has 17 heavy (non-hydrogen) atoms. The Morgan fingerprint density at radius 1 is 1.12 bits per heavy atom. The van der Waals surface area contributed by atoms with Gasteiger partial charge in [-0.3, -0.25) is 0 Å². The summed E-state index contributed by atoms with van der Waals surface area (Å²) in [5, 5.41) is 22.7. The van der Waals surface area contributed by atoms with Crippen LogP contribution in [-0.4, -0.2) is 28.9 Å². The van der Waals surface area contributed by atoms with Crippen LogP contribution in [0.5, 0.6) is 17.2 Å². The summed E-state index contributed by atoms with van der Waals surface area (Å²) >= 11 is 0. The number of benzene rings is 1. The standard InChI is InChI=1S/C13H17NO3/c15-10-2-1-9-3-4-13(5-7-14-8-6-13)17-12(9)11(10)16/h1-2,14-16H,3-8H2. The van der Waals surface area contributed by atoms with E-state index in [1.807, 2.05) is 6.07 Å². The van der Waals surface area contributed by atoms with Gasteiger partial charge < -0.3 is 20.3 Å². The zero-order chi connectivity index (χ0) is 11.9. The summed E-state index contributed by atoms with van der Waals surface area (Å²) in [6.45, 7) is 1.91. The first kappa shape index (κ1) is 10.7. The normalized spacial score (nSPS) is 21.9. The van der Waals surface area contributed by atoms with E-state index in [0.29, 0.717) is 5.75 Å². The molecule has 4 nitrogen and oxygen atoms in total. The lowest BCUT2D eigenvalue weighted by molar-refractivity contribution is 0.0142. The number of hydrogen-bond donors (Lipinski definition) is 3. The van der Waals surface area contributed by atoms with Gasteiger partial charge in [-0.2, -0.15) is 0 Å². The van der Waals surface area contributed by atoms with E-state index in [4.69, 9.17) is 4.74 Å². The van der Waals surface area contributed by atoms with Crippen LogP contribution in [-0.2, 0) is 6.42 Å². The molecule has 3 rings (SSSR count). The predicted molar refractivity (Wildman–Crippen MR) is 63.6 cm³/mol. The molecule has 4 heteroatoms. The number of ether oxygens (including phenoxy) is 1. The number of piperidine rings is 1. The Kier molecular flexibility index (Phi) is 2.40. The highest BCUT2D eigenvalue weighted by Gasteiger charge is 2.38. The van der Waals surface area contributed by atoms with E-state index in [9.17, 15) is 10.2 Å². The second kappa shape index (κ2) is 3.81. The van der Waals surface area contributed by atoms with Crippen molar-refractivity contribution in [2.75, 3.05) is 13.1 Å². The Morgan fingerprint density at radius 2 is 1.88 bits per heavy atom. The smallest absolute Gasteiger partial charge is 0.200 e. The van der Waals surface area contributed by atoms with Gasteiger partial charge in [-0.25, -0.2) is 0 Å². The molecule has 0 radical (unpaired) electrons. The second-order valence-corrected chi connectivity index (χ2v) is 4.96. The Bertz CT molecular complexity index is 439. The average molecular weight is 235 g/mol. The summed E-state index contributed by atoms with van der Waals surface area (Å²) in [6, 6.07) is 3.36. The van der Waals surface area contributed by atoms with Crippen LogP contribution >= 0.6 is 0 Å². The Balaban J connectivity index is 1.96. The highest BCUT2D eigenvalue weighted by atomic mass is 16.5. The van der Waals surface area contributed by atoms with Crippen molar-refractivity contribution in [1.82, 2.24) is 5.32 Å². The van der Waals surface area contributed by atoms with Crippen molar-refractivity contribution >= 4 is 0 Å². The lowest BCUT2D eigenvalue weighted by Gasteiger charge is -2.41. The number of fused-ring (bicyclic) bond motifs is 1. The maximum atomic E-state index is 9.87. The number of nitrogens with one attached hydrogen (secondary N) is 1. The van der Waals surface area contributed by atoms with E-state index in [2.05, 4.69) is 5.32 Å². The van der Waals surface area contributed by atoms with Crippen LogP contribution in [0.1, 0.15) is 24.8 Å². The third kappa shape index (κ3) is 1.72. The number of aryl methyl sites for hydroxylation is 1. The van der Waals surface area contributed by atoms with E-state index in [1.54, 1.807) is 0 Å². The lowest BCUT2D eigenvalue weighted by Crippen LogP contribution is -2.48. The van der Waals surface area contributed by atoms with Gasteiger partial charge in [0.15, 0.2) is 11.5 Å². The lowest BCUT2D eigenvalue weighted by atomic mass is 9.83. The van der Waals surface area contributed by atoms with E-state index in [0.717, 1.165) is 44.3 Å². The number of rotatable bonds is 0. The molecule has 0 aliphatic carbocycles. The summed E-state index contributed by atoms with van der Waals surface area (Å²) in [5.41, 5.74) is 0.841. The van der Waals surface area contributed by atoms with Gasteiger partial charge in [-0.15, -0.1) is 0 Å². The average Bonchev–Trinajstić information content (AvgIpc) is 2.36. The molecule has 0 aromatic heterocycles. The van der Waals surface area contributed by atoms with Crippen molar-refractivity contribution in [3.05, 3.63) is 17.7 Å². The minimum absolute atomic E-state index is 0.102. The molecule has 1 saturated heterocycles. The maximum absolute atomic E-state index is 9.87. The molecule has 92 valence electrons. The topological polar surface area (TPSA) is 61.7 Å². The molecule has 3 N–H and O–H groups in total. The second-order valence-electron chi connectivity index (χ2n) is 4.96. The molecule has 2 aliphatic heterocycles. The largest absolute Gasteiger partial charge is 0.504 e. The van der Waals surface area contributed by atoms with Crippen molar-refractivity contribution in [2.24, 2.45) is 0 Å². The summed E-state index contributed by atoms with van der Waals surface area (Å²) < 4.78 is 6.02. The third-order valence-electron chi connectivity index (χ3n) is 3.88. The van der Waals surface area contributed by atoms with Crippen LogP contribution in [0.3, 0.4) is 0 Å². The van der Waals surface area contributed by atoms with Gasteiger partial charge in [0.05, 0.1) is 0 Å². The molecule has 1 aromatic carbocycles. The van der Waals surface area contributed by atoms with Crippen LogP contribution in [0.15, 0.2) is 12.1 Å². The molecule has 0 atom stereocenters. The fourth-order valence-corrected chi connectivity index (χ4v) is 2.78. The molecule has 0 bridgehead atoms. The molecule has 0 saturated carbocycles. The first-order valence-corrected chi connectivity index (χ1v) is 6.14. The molecule has 2 aliphatic rings. The van der Waals surface area contributed by atoms with E-state index < -0.39 is 0 Å². The molecule has 1 aromatic rings. The minimum Gasteiger partial charge on any atom is -0.504 e. The summed E-state index contributed by atoms with van der Waals surface area (Å²) in [5.74, 6) is 0.271. The van der Waals surface area contributed by atoms with Gasteiger partial charge in [0.2, 0.25) is 5.75 Å². The van der Waals surface area contributed by atoms with Gasteiger partial charge >= 0.3 is 0 Å². The summed E-state index contributed by atoms with van der Waals surface area (Å²) in [4.78, 5) is 0. The Morgan fingerprint density at radius 3 is 2.65 bits per heavy atom. The van der Waals surface area contributed by atoms with E-state index in [1.165, 1.54) is 6.07 Å². The molecule has 2 heterocycles. The van der Waals surface area contributed by atoms with E-state index in [-0.39, 0.29) is 17.1 Å². The van der Waals surface area contributed by atoms with Crippen LogP contribution in [0.2, 0.25) is 0 Å². The number of phenols is 2. The number of aromatic hydroxyl groups is 2. The molecule has 0 unspecified atom stereocenters. The van der Waals surface area contributed by atoms with Crippen molar-refractivity contribution in [2.45, 2.75) is 31.3 Å². The van der Waals surface area contributed by atoms with Gasteiger partial charge in [0.1, 0.15) is 5.60 Å².